The van der Waals surface area contributed by atoms with Gasteiger partial charge in [0.05, 0.1) is 11.2 Å². The van der Waals surface area contributed by atoms with E-state index in [2.05, 4.69) is 82.4 Å². The van der Waals surface area contributed by atoms with Crippen molar-refractivity contribution < 1.29 is 19.8 Å². The van der Waals surface area contributed by atoms with Gasteiger partial charge in [0.1, 0.15) is 0 Å². The molecule has 3 aromatic rings. The molecular weight excluding hydrogens is 377 g/mol. The van der Waals surface area contributed by atoms with Crippen LogP contribution in [0.4, 0.5) is 17.1 Å². The number of benzene rings is 3. The van der Waals surface area contributed by atoms with Gasteiger partial charge in [-0.3, -0.25) is 0 Å². The molecule has 0 fully saturated rings. The number of hydrogen-bond donors (Lipinski definition) is 3. The zero-order valence-corrected chi connectivity index (χ0v) is 17.9. The monoisotopic (exact) mass is 407 g/mol. The van der Waals surface area contributed by atoms with Gasteiger partial charge in [0.2, 0.25) is 0 Å². The lowest BCUT2D eigenvalue weighted by Gasteiger charge is -2.37. The van der Waals surface area contributed by atoms with Crippen molar-refractivity contribution >= 4 is 24.4 Å². The van der Waals surface area contributed by atoms with E-state index in [0.29, 0.717) is 0 Å². The fourth-order valence-corrected chi connectivity index (χ4v) is 2.59. The third-order valence-electron chi connectivity index (χ3n) is 4.92. The zero-order chi connectivity index (χ0) is 22.2. The van der Waals surface area contributed by atoms with E-state index < -0.39 is 18.5 Å². The molecule has 6 heteroatoms. The van der Waals surface area contributed by atoms with Gasteiger partial charge < -0.3 is 24.7 Å². The summed E-state index contributed by atoms with van der Waals surface area (Å²) >= 11 is 0. The van der Waals surface area contributed by atoms with E-state index in [1.807, 2.05) is 18.2 Å². The molecule has 0 aliphatic rings. The molecule has 0 unspecified atom stereocenters. The van der Waals surface area contributed by atoms with Crippen LogP contribution in [0.3, 0.4) is 0 Å². The standard InChI is InChI=1S/C18H15N.C6H15BO4/c1-4-10-16(11-5-1)19(17-12-6-2-7-13-17)18-14-8-3-9-15-18;1-5(2,8)6(3,4)11-7(9)10/h1-15H;8-10H,1-4H3. The number of hydrogen-bond acceptors (Lipinski definition) is 5. The molecule has 0 spiro atoms. The van der Waals surface area contributed by atoms with Gasteiger partial charge in [-0.05, 0) is 64.1 Å². The minimum atomic E-state index is -1.85. The normalized spacial score (nSPS) is 11.3. The van der Waals surface area contributed by atoms with Crippen molar-refractivity contribution in [1.82, 2.24) is 0 Å². The first-order valence-electron chi connectivity index (χ1n) is 9.83. The van der Waals surface area contributed by atoms with Crippen molar-refractivity contribution in [2.24, 2.45) is 0 Å². The van der Waals surface area contributed by atoms with E-state index in [9.17, 15) is 5.11 Å². The zero-order valence-electron chi connectivity index (χ0n) is 17.9. The summed E-state index contributed by atoms with van der Waals surface area (Å²) in [5.74, 6) is 0. The Kier molecular flexibility index (Phi) is 8.20. The number of nitrogens with zero attached hydrogens (tertiary/aromatic N) is 1. The SMILES string of the molecule is CC(C)(O)C(C)(C)OB(O)O.c1ccc(N(c2ccccc2)c2ccccc2)cc1. The Balaban J connectivity index is 0.000000252. The van der Waals surface area contributed by atoms with Gasteiger partial charge in [-0.2, -0.15) is 0 Å². The van der Waals surface area contributed by atoms with Crippen LogP contribution in [0.5, 0.6) is 0 Å². The molecule has 0 aliphatic heterocycles. The van der Waals surface area contributed by atoms with Crippen LogP contribution in [0, 0.1) is 0 Å². The van der Waals surface area contributed by atoms with Gasteiger partial charge in [-0.15, -0.1) is 0 Å². The van der Waals surface area contributed by atoms with Crippen LogP contribution in [0.25, 0.3) is 0 Å². The van der Waals surface area contributed by atoms with Gasteiger partial charge >= 0.3 is 7.32 Å². The highest BCUT2D eigenvalue weighted by molar-refractivity contribution is 6.32. The average Bonchev–Trinajstić information content (AvgIpc) is 2.69. The first-order valence-corrected chi connectivity index (χ1v) is 9.83. The van der Waals surface area contributed by atoms with Gasteiger partial charge in [-0.25, -0.2) is 0 Å². The van der Waals surface area contributed by atoms with Crippen LogP contribution in [0.2, 0.25) is 0 Å². The Morgan fingerprint density at radius 1 is 0.633 bits per heavy atom. The summed E-state index contributed by atoms with van der Waals surface area (Å²) in [6.07, 6.45) is 0. The first kappa shape index (κ1) is 23.6. The number of anilines is 3. The molecule has 30 heavy (non-hydrogen) atoms. The Hall–Kier alpha value is -2.64. The molecule has 0 aromatic heterocycles. The number of aliphatic hydroxyl groups is 1. The summed E-state index contributed by atoms with van der Waals surface area (Å²) in [6.45, 7) is 6.23. The lowest BCUT2D eigenvalue weighted by atomic mass is 9.88. The van der Waals surface area contributed by atoms with Crippen molar-refractivity contribution in [2.75, 3.05) is 4.90 Å². The van der Waals surface area contributed by atoms with Crippen molar-refractivity contribution in [3.05, 3.63) is 91.0 Å². The highest BCUT2D eigenvalue weighted by Gasteiger charge is 2.38. The highest BCUT2D eigenvalue weighted by Crippen LogP contribution is 2.33. The van der Waals surface area contributed by atoms with E-state index >= 15 is 0 Å². The largest absolute Gasteiger partial charge is 0.634 e. The Bertz CT molecular complexity index is 772. The van der Waals surface area contributed by atoms with Crippen LogP contribution >= 0.6 is 0 Å². The van der Waals surface area contributed by atoms with E-state index in [0.717, 1.165) is 0 Å². The third-order valence-corrected chi connectivity index (χ3v) is 4.92. The Labute approximate surface area is 179 Å². The van der Waals surface area contributed by atoms with E-state index in [4.69, 9.17) is 10.0 Å². The second kappa shape index (κ2) is 10.4. The summed E-state index contributed by atoms with van der Waals surface area (Å²) < 4.78 is 4.66. The molecule has 3 N–H and O–H groups in total. The van der Waals surface area contributed by atoms with Gasteiger partial charge in [-0.1, -0.05) is 54.6 Å². The summed E-state index contributed by atoms with van der Waals surface area (Å²) in [7, 11) is -1.85. The van der Waals surface area contributed by atoms with Crippen LogP contribution in [-0.4, -0.2) is 33.7 Å². The van der Waals surface area contributed by atoms with Gasteiger partial charge in [0, 0.05) is 17.1 Å². The van der Waals surface area contributed by atoms with E-state index in [1.54, 1.807) is 13.8 Å². The Morgan fingerprint density at radius 2 is 0.933 bits per heavy atom. The van der Waals surface area contributed by atoms with Crippen molar-refractivity contribution in [3.8, 4) is 0 Å². The predicted molar refractivity (Wildman–Crippen MR) is 123 cm³/mol. The molecule has 0 amide bonds. The Morgan fingerprint density at radius 3 is 1.13 bits per heavy atom. The van der Waals surface area contributed by atoms with Crippen molar-refractivity contribution in [3.63, 3.8) is 0 Å². The number of para-hydroxylation sites is 3. The van der Waals surface area contributed by atoms with Crippen LogP contribution < -0.4 is 4.90 Å². The topological polar surface area (TPSA) is 73.2 Å². The smallest absolute Gasteiger partial charge is 0.402 e. The molecule has 0 bridgehead atoms. The molecule has 3 aromatic carbocycles. The van der Waals surface area contributed by atoms with E-state index in [1.165, 1.54) is 30.9 Å². The molecule has 0 heterocycles. The molecule has 5 nitrogen and oxygen atoms in total. The average molecular weight is 407 g/mol. The maximum atomic E-state index is 9.45. The summed E-state index contributed by atoms with van der Waals surface area (Å²) in [4.78, 5) is 2.25. The summed E-state index contributed by atoms with van der Waals surface area (Å²) in [6, 6.07) is 31.3. The molecule has 0 atom stereocenters. The lowest BCUT2D eigenvalue weighted by molar-refractivity contribution is -0.109. The predicted octanol–water partition coefficient (Wildman–Crippen LogP) is 4.68. The second-order valence-corrected chi connectivity index (χ2v) is 7.86. The van der Waals surface area contributed by atoms with Crippen LogP contribution in [-0.2, 0) is 4.65 Å². The third kappa shape index (κ3) is 6.71. The highest BCUT2D eigenvalue weighted by atomic mass is 16.6. The molecule has 0 aliphatic carbocycles. The maximum Gasteiger partial charge on any atom is 0.634 e. The maximum absolute atomic E-state index is 9.45. The quantitative estimate of drug-likeness (QED) is 0.518. The van der Waals surface area contributed by atoms with Crippen LogP contribution in [0.15, 0.2) is 91.0 Å². The fraction of sp³-hybridized carbons (Fsp3) is 0.250. The van der Waals surface area contributed by atoms with Gasteiger partial charge in [0.25, 0.3) is 0 Å². The molecular formula is C24H30BNO4. The van der Waals surface area contributed by atoms with Crippen molar-refractivity contribution in [1.29, 1.82) is 0 Å². The minimum absolute atomic E-state index is 0.985. The van der Waals surface area contributed by atoms with Gasteiger partial charge in [0.15, 0.2) is 0 Å². The molecule has 3 rings (SSSR count). The van der Waals surface area contributed by atoms with Crippen molar-refractivity contribution in [2.45, 2.75) is 38.9 Å². The summed E-state index contributed by atoms with van der Waals surface area (Å²) in [5.41, 5.74) is 1.40. The second-order valence-electron chi connectivity index (χ2n) is 7.86. The van der Waals surface area contributed by atoms with Crippen LogP contribution in [0.1, 0.15) is 27.7 Å². The lowest BCUT2D eigenvalue weighted by Crippen LogP contribution is -2.50. The minimum Gasteiger partial charge on any atom is -0.402 e. The van der Waals surface area contributed by atoms with E-state index in [-0.39, 0.29) is 0 Å². The molecule has 0 saturated heterocycles. The molecule has 158 valence electrons. The molecule has 0 radical (unpaired) electrons. The summed E-state index contributed by atoms with van der Waals surface area (Å²) in [5, 5.41) is 26.4. The fourth-order valence-electron chi connectivity index (χ4n) is 2.59. The first-order chi connectivity index (χ1) is 14.1. The molecule has 0 saturated carbocycles. The number of rotatable bonds is 6.